The average Bonchev–Trinajstić information content (AvgIpc) is 3.28. The molecule has 0 N–H and O–H groups in total. The molecule has 1 aromatic carbocycles. The summed E-state index contributed by atoms with van der Waals surface area (Å²) in [6.07, 6.45) is 4.64. The molecule has 7 heteroatoms. The van der Waals surface area contributed by atoms with Gasteiger partial charge in [-0.1, -0.05) is 0 Å². The zero-order valence-corrected chi connectivity index (χ0v) is 14.1. The van der Waals surface area contributed by atoms with Crippen LogP contribution < -0.4 is 14.2 Å². The summed E-state index contributed by atoms with van der Waals surface area (Å²) in [5.74, 6) is 2.27. The van der Waals surface area contributed by atoms with Crippen molar-refractivity contribution in [3.63, 3.8) is 0 Å². The van der Waals surface area contributed by atoms with Crippen LogP contribution in [0.1, 0.15) is 42.6 Å². The SMILES string of the molecule is C[C@@H]1CCCCN1C(=O)c1coc(COc2ccc3c(c2)OCO3)n1. The molecule has 0 radical (unpaired) electrons. The number of piperidine rings is 1. The van der Waals surface area contributed by atoms with Crippen LogP contribution in [0.2, 0.25) is 0 Å². The van der Waals surface area contributed by atoms with Crippen molar-refractivity contribution in [1.29, 1.82) is 0 Å². The number of rotatable bonds is 4. The number of carbonyl (C=O) groups is 1. The number of ether oxygens (including phenoxy) is 3. The van der Waals surface area contributed by atoms with Crippen LogP contribution in [0, 0.1) is 0 Å². The Labute approximate surface area is 145 Å². The van der Waals surface area contributed by atoms with Crippen LogP contribution in [0.15, 0.2) is 28.9 Å². The number of benzene rings is 1. The first-order valence-electron chi connectivity index (χ1n) is 8.48. The van der Waals surface area contributed by atoms with Crippen molar-refractivity contribution in [1.82, 2.24) is 9.88 Å². The molecule has 2 aliphatic rings. The van der Waals surface area contributed by atoms with Crippen LogP contribution >= 0.6 is 0 Å². The fraction of sp³-hybridized carbons (Fsp3) is 0.444. The molecule has 1 amide bonds. The Balaban J connectivity index is 1.39. The molecule has 2 aliphatic heterocycles. The first-order valence-corrected chi connectivity index (χ1v) is 8.48. The number of carbonyl (C=O) groups excluding carboxylic acids is 1. The van der Waals surface area contributed by atoms with E-state index in [1.54, 1.807) is 18.2 Å². The minimum atomic E-state index is -0.0784. The van der Waals surface area contributed by atoms with E-state index < -0.39 is 0 Å². The molecule has 0 bridgehead atoms. The van der Waals surface area contributed by atoms with Gasteiger partial charge >= 0.3 is 0 Å². The second-order valence-corrected chi connectivity index (χ2v) is 6.27. The third-order valence-corrected chi connectivity index (χ3v) is 4.54. The second-order valence-electron chi connectivity index (χ2n) is 6.27. The summed E-state index contributed by atoms with van der Waals surface area (Å²) >= 11 is 0. The van der Waals surface area contributed by atoms with E-state index in [0.717, 1.165) is 19.4 Å². The molecule has 3 heterocycles. The van der Waals surface area contributed by atoms with E-state index in [2.05, 4.69) is 11.9 Å². The lowest BCUT2D eigenvalue weighted by atomic mass is 10.0. The van der Waals surface area contributed by atoms with Gasteiger partial charge in [0.1, 0.15) is 12.0 Å². The highest BCUT2D eigenvalue weighted by atomic mass is 16.7. The lowest BCUT2D eigenvalue weighted by Gasteiger charge is -2.32. The molecule has 1 saturated heterocycles. The third kappa shape index (κ3) is 3.26. The minimum Gasteiger partial charge on any atom is -0.484 e. The van der Waals surface area contributed by atoms with Crippen molar-refractivity contribution in [3.05, 3.63) is 36.0 Å². The maximum atomic E-state index is 12.6. The number of fused-ring (bicyclic) bond motifs is 1. The smallest absolute Gasteiger partial charge is 0.276 e. The van der Waals surface area contributed by atoms with Gasteiger partial charge in [0.2, 0.25) is 12.7 Å². The summed E-state index contributed by atoms with van der Waals surface area (Å²) in [5, 5.41) is 0. The highest BCUT2D eigenvalue weighted by Gasteiger charge is 2.26. The Morgan fingerprint density at radius 2 is 2.20 bits per heavy atom. The molecule has 25 heavy (non-hydrogen) atoms. The van der Waals surface area contributed by atoms with Gasteiger partial charge in [-0.2, -0.15) is 0 Å². The van der Waals surface area contributed by atoms with Crippen molar-refractivity contribution < 1.29 is 23.4 Å². The summed E-state index contributed by atoms with van der Waals surface area (Å²) in [6.45, 7) is 3.21. The van der Waals surface area contributed by atoms with Crippen LogP contribution in [0.25, 0.3) is 0 Å². The Bertz CT molecular complexity index is 773. The van der Waals surface area contributed by atoms with Gasteiger partial charge in [-0.25, -0.2) is 4.98 Å². The van der Waals surface area contributed by atoms with Gasteiger partial charge in [0, 0.05) is 18.7 Å². The van der Waals surface area contributed by atoms with Crippen molar-refractivity contribution in [2.75, 3.05) is 13.3 Å². The predicted octanol–water partition coefficient (Wildman–Crippen LogP) is 3.00. The molecular weight excluding hydrogens is 324 g/mol. The molecule has 1 aromatic heterocycles. The summed E-state index contributed by atoms with van der Waals surface area (Å²) < 4.78 is 21.6. The van der Waals surface area contributed by atoms with Crippen molar-refractivity contribution in [2.24, 2.45) is 0 Å². The third-order valence-electron chi connectivity index (χ3n) is 4.54. The van der Waals surface area contributed by atoms with Gasteiger partial charge in [0.15, 0.2) is 23.8 Å². The van der Waals surface area contributed by atoms with E-state index in [0.29, 0.717) is 28.8 Å². The topological polar surface area (TPSA) is 74.0 Å². The highest BCUT2D eigenvalue weighted by Crippen LogP contribution is 2.35. The first kappa shape index (κ1) is 15.8. The summed E-state index contributed by atoms with van der Waals surface area (Å²) in [5.41, 5.74) is 0.332. The normalized spacial score (nSPS) is 19.1. The molecule has 4 rings (SSSR count). The van der Waals surface area contributed by atoms with Gasteiger partial charge in [0.25, 0.3) is 5.91 Å². The van der Waals surface area contributed by atoms with Crippen molar-refractivity contribution in [2.45, 2.75) is 38.8 Å². The average molecular weight is 344 g/mol. The first-order chi connectivity index (χ1) is 12.2. The Hall–Kier alpha value is -2.70. The van der Waals surface area contributed by atoms with Gasteiger partial charge < -0.3 is 23.5 Å². The van der Waals surface area contributed by atoms with Crippen molar-refractivity contribution in [3.8, 4) is 17.2 Å². The number of oxazole rings is 1. The molecule has 0 unspecified atom stereocenters. The Morgan fingerprint density at radius 3 is 3.08 bits per heavy atom. The standard InChI is InChI=1S/C18H20N2O5/c1-12-4-2-3-7-20(12)18(21)14-9-23-17(19-14)10-22-13-5-6-15-16(8-13)25-11-24-15/h5-6,8-9,12H,2-4,7,10-11H2,1H3/t12-/m1/s1. The fourth-order valence-corrected chi connectivity index (χ4v) is 3.13. The van der Waals surface area contributed by atoms with Gasteiger partial charge in [-0.05, 0) is 38.3 Å². The van der Waals surface area contributed by atoms with Gasteiger partial charge in [0.05, 0.1) is 0 Å². The number of likely N-dealkylation sites (tertiary alicyclic amines) is 1. The monoisotopic (exact) mass is 344 g/mol. The van der Waals surface area contributed by atoms with Crippen LogP contribution in [0.3, 0.4) is 0 Å². The maximum absolute atomic E-state index is 12.6. The zero-order chi connectivity index (χ0) is 17.2. The molecule has 1 fully saturated rings. The number of nitrogens with zero attached hydrogens (tertiary/aromatic N) is 2. The minimum absolute atomic E-state index is 0.0784. The number of aromatic nitrogens is 1. The van der Waals surface area contributed by atoms with Crippen LogP contribution in [-0.2, 0) is 6.61 Å². The molecular formula is C18H20N2O5. The molecule has 0 spiro atoms. The Kier molecular flexibility index (Phi) is 4.21. The zero-order valence-electron chi connectivity index (χ0n) is 14.1. The second kappa shape index (κ2) is 6.66. The molecule has 2 aromatic rings. The lowest BCUT2D eigenvalue weighted by Crippen LogP contribution is -2.42. The van der Waals surface area contributed by atoms with E-state index in [9.17, 15) is 4.79 Å². The molecule has 0 aliphatic carbocycles. The number of hydrogen-bond donors (Lipinski definition) is 0. The highest BCUT2D eigenvalue weighted by molar-refractivity contribution is 5.92. The van der Waals surface area contributed by atoms with Gasteiger partial charge in [-0.15, -0.1) is 0 Å². The molecule has 132 valence electrons. The van der Waals surface area contributed by atoms with E-state index in [1.165, 1.54) is 12.7 Å². The van der Waals surface area contributed by atoms with E-state index in [1.807, 2.05) is 4.90 Å². The van der Waals surface area contributed by atoms with Crippen molar-refractivity contribution >= 4 is 5.91 Å². The van der Waals surface area contributed by atoms with E-state index >= 15 is 0 Å². The maximum Gasteiger partial charge on any atom is 0.276 e. The van der Waals surface area contributed by atoms with Crippen LogP contribution in [0.5, 0.6) is 17.2 Å². The van der Waals surface area contributed by atoms with Crippen LogP contribution in [-0.4, -0.2) is 35.2 Å². The van der Waals surface area contributed by atoms with Gasteiger partial charge in [-0.3, -0.25) is 4.79 Å². The van der Waals surface area contributed by atoms with Crippen LogP contribution in [0.4, 0.5) is 0 Å². The number of amides is 1. The molecule has 0 saturated carbocycles. The summed E-state index contributed by atoms with van der Waals surface area (Å²) in [7, 11) is 0. The number of hydrogen-bond acceptors (Lipinski definition) is 6. The van der Waals surface area contributed by atoms with E-state index in [4.69, 9.17) is 18.6 Å². The summed E-state index contributed by atoms with van der Waals surface area (Å²) in [6, 6.07) is 5.58. The molecule has 1 atom stereocenters. The summed E-state index contributed by atoms with van der Waals surface area (Å²) in [4.78, 5) is 18.7. The molecule has 7 nitrogen and oxygen atoms in total. The largest absolute Gasteiger partial charge is 0.484 e. The Morgan fingerprint density at radius 1 is 1.32 bits per heavy atom. The fourth-order valence-electron chi connectivity index (χ4n) is 3.13. The predicted molar refractivity (Wildman–Crippen MR) is 87.7 cm³/mol. The lowest BCUT2D eigenvalue weighted by molar-refractivity contribution is 0.0629. The quantitative estimate of drug-likeness (QED) is 0.849. The van der Waals surface area contributed by atoms with E-state index in [-0.39, 0.29) is 25.3 Å².